The molecule has 1 aromatic rings. The average Bonchev–Trinajstić information content (AvgIpc) is 2.19. The Morgan fingerprint density at radius 2 is 1.81 bits per heavy atom. The highest BCUT2D eigenvalue weighted by atomic mass is 16.4. The number of carboxylic acids is 2. The third-order valence-electron chi connectivity index (χ3n) is 2.03. The lowest BCUT2D eigenvalue weighted by Gasteiger charge is -2.10. The summed E-state index contributed by atoms with van der Waals surface area (Å²) in [4.78, 5) is 25.0. The quantitative estimate of drug-likeness (QED) is 0.571. The van der Waals surface area contributed by atoms with Crippen LogP contribution in [0.3, 0.4) is 0 Å². The van der Waals surface area contributed by atoms with E-state index < -0.39 is 30.0 Å². The van der Waals surface area contributed by atoms with Crippen LogP contribution in [-0.4, -0.2) is 37.3 Å². The molecule has 0 aliphatic carbocycles. The van der Waals surface area contributed by atoms with Crippen molar-refractivity contribution in [2.45, 2.75) is 13.5 Å². The van der Waals surface area contributed by atoms with Crippen LogP contribution in [0.5, 0.6) is 5.75 Å². The molecule has 1 heterocycles. The predicted octanol–water partition coefficient (Wildman–Crippen LogP) is -0.0157. The van der Waals surface area contributed by atoms with E-state index in [1.807, 2.05) is 0 Å². The van der Waals surface area contributed by atoms with Crippen molar-refractivity contribution in [3.05, 3.63) is 22.5 Å². The molecule has 7 heteroatoms. The number of rotatable bonds is 3. The van der Waals surface area contributed by atoms with Crippen molar-refractivity contribution in [3.63, 3.8) is 0 Å². The lowest BCUT2D eigenvalue weighted by atomic mass is 10.0. The number of aliphatic hydroxyl groups excluding tert-OH is 1. The average molecular weight is 227 g/mol. The molecule has 0 atom stereocenters. The fourth-order valence-corrected chi connectivity index (χ4v) is 1.34. The minimum absolute atomic E-state index is 0.0771. The highest BCUT2D eigenvalue weighted by Gasteiger charge is 2.24. The number of pyridine rings is 1. The molecule has 0 radical (unpaired) electrons. The van der Waals surface area contributed by atoms with Gasteiger partial charge in [0.1, 0.15) is 0 Å². The topological polar surface area (TPSA) is 128 Å². The van der Waals surface area contributed by atoms with Crippen molar-refractivity contribution in [2.24, 2.45) is 0 Å². The molecule has 0 aliphatic heterocycles. The van der Waals surface area contributed by atoms with Crippen LogP contribution in [0.4, 0.5) is 0 Å². The first-order valence-electron chi connectivity index (χ1n) is 4.20. The van der Waals surface area contributed by atoms with E-state index in [1.54, 1.807) is 0 Å². The number of carboxylic acid groups (broad SMARTS) is 2. The molecule has 0 saturated heterocycles. The summed E-state index contributed by atoms with van der Waals surface area (Å²) in [5.74, 6) is -3.70. The van der Waals surface area contributed by atoms with E-state index in [2.05, 4.69) is 4.98 Å². The Hall–Kier alpha value is -2.15. The van der Waals surface area contributed by atoms with Crippen molar-refractivity contribution < 1.29 is 30.0 Å². The highest BCUT2D eigenvalue weighted by molar-refractivity contribution is 5.95. The van der Waals surface area contributed by atoms with E-state index in [0.717, 1.165) is 0 Å². The van der Waals surface area contributed by atoms with Gasteiger partial charge in [-0.05, 0) is 6.92 Å². The maximum absolute atomic E-state index is 10.8. The second kappa shape index (κ2) is 4.15. The smallest absolute Gasteiger partial charge is 0.358 e. The second-order valence-electron chi connectivity index (χ2n) is 3.02. The van der Waals surface area contributed by atoms with Gasteiger partial charge in [-0.3, -0.25) is 0 Å². The molecule has 0 aromatic carbocycles. The number of hydrogen-bond acceptors (Lipinski definition) is 5. The van der Waals surface area contributed by atoms with Gasteiger partial charge in [-0.2, -0.15) is 0 Å². The summed E-state index contributed by atoms with van der Waals surface area (Å²) >= 11 is 0. The first-order chi connectivity index (χ1) is 7.40. The van der Waals surface area contributed by atoms with Crippen LogP contribution in [-0.2, 0) is 6.61 Å². The number of aromatic hydroxyl groups is 1. The summed E-state index contributed by atoms with van der Waals surface area (Å²) in [6.07, 6.45) is 0. The Kier molecular flexibility index (Phi) is 3.09. The molecule has 0 unspecified atom stereocenters. The van der Waals surface area contributed by atoms with Crippen LogP contribution in [0, 0.1) is 6.92 Å². The monoisotopic (exact) mass is 227 g/mol. The lowest BCUT2D eigenvalue weighted by Crippen LogP contribution is -2.12. The number of aliphatic hydroxyl groups is 1. The predicted molar refractivity (Wildman–Crippen MR) is 50.5 cm³/mol. The fourth-order valence-electron chi connectivity index (χ4n) is 1.34. The van der Waals surface area contributed by atoms with Crippen molar-refractivity contribution in [2.75, 3.05) is 0 Å². The van der Waals surface area contributed by atoms with Crippen LogP contribution in [0.1, 0.15) is 32.1 Å². The van der Waals surface area contributed by atoms with Gasteiger partial charge in [-0.25, -0.2) is 14.6 Å². The molecule has 0 fully saturated rings. The molecular formula is C9H9NO6. The van der Waals surface area contributed by atoms with Gasteiger partial charge < -0.3 is 20.4 Å². The van der Waals surface area contributed by atoms with E-state index in [1.165, 1.54) is 6.92 Å². The van der Waals surface area contributed by atoms with Crippen LogP contribution < -0.4 is 0 Å². The van der Waals surface area contributed by atoms with E-state index in [9.17, 15) is 14.7 Å². The SMILES string of the molecule is Cc1nc(C(=O)O)c(O)c(CO)c1C(=O)O. The molecule has 0 aliphatic rings. The molecule has 0 bridgehead atoms. The standard InChI is InChI=1S/C9H9NO6/c1-3-5(8(13)14)4(2-11)7(12)6(10-3)9(15)16/h11-12H,2H2,1H3,(H,13,14)(H,15,16). The zero-order valence-electron chi connectivity index (χ0n) is 8.26. The number of aromatic carboxylic acids is 2. The van der Waals surface area contributed by atoms with Crippen LogP contribution in [0.15, 0.2) is 0 Å². The molecule has 4 N–H and O–H groups in total. The van der Waals surface area contributed by atoms with Gasteiger partial charge in [-0.15, -0.1) is 0 Å². The first kappa shape index (κ1) is 11.9. The Bertz CT molecular complexity index is 468. The van der Waals surface area contributed by atoms with Crippen molar-refractivity contribution in [1.82, 2.24) is 4.98 Å². The molecule has 16 heavy (non-hydrogen) atoms. The largest absolute Gasteiger partial charge is 0.505 e. The van der Waals surface area contributed by atoms with Gasteiger partial charge in [-0.1, -0.05) is 0 Å². The maximum Gasteiger partial charge on any atom is 0.358 e. The van der Waals surface area contributed by atoms with E-state index >= 15 is 0 Å². The third kappa shape index (κ3) is 1.80. The summed E-state index contributed by atoms with van der Waals surface area (Å²) in [6, 6.07) is 0. The van der Waals surface area contributed by atoms with Gasteiger partial charge in [0.2, 0.25) is 0 Å². The molecule has 86 valence electrons. The summed E-state index contributed by atoms with van der Waals surface area (Å²) in [5, 5.41) is 35.9. The molecule has 1 aromatic heterocycles. The minimum Gasteiger partial charge on any atom is -0.505 e. The second-order valence-corrected chi connectivity index (χ2v) is 3.02. The lowest BCUT2D eigenvalue weighted by molar-refractivity contribution is 0.0668. The number of aromatic nitrogens is 1. The van der Waals surface area contributed by atoms with Crippen molar-refractivity contribution in [3.8, 4) is 5.75 Å². The van der Waals surface area contributed by atoms with E-state index in [0.29, 0.717) is 0 Å². The molecule has 0 amide bonds. The summed E-state index contributed by atoms with van der Waals surface area (Å²) in [7, 11) is 0. The maximum atomic E-state index is 10.8. The van der Waals surface area contributed by atoms with Crippen LogP contribution in [0.2, 0.25) is 0 Å². The van der Waals surface area contributed by atoms with Gasteiger partial charge in [0.05, 0.1) is 17.9 Å². The van der Waals surface area contributed by atoms with Crippen molar-refractivity contribution >= 4 is 11.9 Å². The van der Waals surface area contributed by atoms with Gasteiger partial charge in [0.15, 0.2) is 11.4 Å². The normalized spacial score (nSPS) is 10.1. The molecule has 0 spiro atoms. The Morgan fingerprint density at radius 3 is 2.19 bits per heavy atom. The summed E-state index contributed by atoms with van der Waals surface area (Å²) in [6.45, 7) is 0.506. The molecule has 0 saturated carbocycles. The molecule has 7 nitrogen and oxygen atoms in total. The van der Waals surface area contributed by atoms with Crippen molar-refractivity contribution in [1.29, 1.82) is 0 Å². The number of hydrogen-bond donors (Lipinski definition) is 4. The molecular weight excluding hydrogens is 218 g/mol. The van der Waals surface area contributed by atoms with Gasteiger partial charge in [0, 0.05) is 5.56 Å². The Morgan fingerprint density at radius 1 is 1.25 bits per heavy atom. The van der Waals surface area contributed by atoms with Crippen LogP contribution >= 0.6 is 0 Å². The van der Waals surface area contributed by atoms with Gasteiger partial charge in [0.25, 0.3) is 0 Å². The Labute approximate surface area is 89.6 Å². The Balaban J connectivity index is 3.63. The van der Waals surface area contributed by atoms with Crippen LogP contribution in [0.25, 0.3) is 0 Å². The number of carbonyl (C=O) groups is 2. The third-order valence-corrected chi connectivity index (χ3v) is 2.03. The first-order valence-corrected chi connectivity index (χ1v) is 4.20. The summed E-state index contributed by atoms with van der Waals surface area (Å²) < 4.78 is 0. The molecule has 1 rings (SSSR count). The zero-order valence-corrected chi connectivity index (χ0v) is 8.26. The van der Waals surface area contributed by atoms with E-state index in [-0.39, 0.29) is 16.8 Å². The summed E-state index contributed by atoms with van der Waals surface area (Å²) in [5.41, 5.74) is -1.49. The zero-order chi connectivity index (χ0) is 12.5. The number of aryl methyl sites for hydroxylation is 1. The highest BCUT2D eigenvalue weighted by Crippen LogP contribution is 2.26. The van der Waals surface area contributed by atoms with E-state index in [4.69, 9.17) is 15.3 Å². The minimum atomic E-state index is -1.49. The van der Waals surface area contributed by atoms with Gasteiger partial charge >= 0.3 is 11.9 Å². The fraction of sp³-hybridized carbons (Fsp3) is 0.222. The number of nitrogens with zero attached hydrogens (tertiary/aromatic N) is 1.